The van der Waals surface area contributed by atoms with Crippen molar-refractivity contribution in [2.24, 2.45) is 21.7 Å². The SMILES string of the molecule is Cc1ncsc1-c1ccc(CNC(=O)[C@@H]2CCCN2C(=O)[C@@H](NC(=O)CCCCC(=O)N2CCN(CC[C@H](CSc3ccccc3)Nc3ccc(S(=O)(=O)NC(=O)c4ccc(N5CCN(CC6=C(C78CC(C(F)F)(C7)C8)CC(C)(C)CC6)CC5)cc4)cc3S(=O)(=O)C(F)(F)F)CC2)C(C)(C)C)cc1. The number of allylic oxidation sites excluding steroid dienone is 1. The number of halogens is 5. The summed E-state index contributed by atoms with van der Waals surface area (Å²) in [4.78, 5) is 82.3. The zero-order valence-electron chi connectivity index (χ0n) is 59.4. The zero-order chi connectivity index (χ0) is 73.9. The van der Waals surface area contributed by atoms with Gasteiger partial charge < -0.3 is 30.7 Å². The van der Waals surface area contributed by atoms with E-state index in [0.29, 0.717) is 116 Å². The van der Waals surface area contributed by atoms with Gasteiger partial charge in [0.2, 0.25) is 30.1 Å². The predicted octanol–water partition coefficient (Wildman–Crippen LogP) is 12.1. The third-order valence-electron chi connectivity index (χ3n) is 21.5. The third kappa shape index (κ3) is 18.1. The molecule has 4 aromatic carbocycles. The molecule has 3 saturated carbocycles. The zero-order valence-corrected chi connectivity index (χ0v) is 62.7. The van der Waals surface area contributed by atoms with Crippen molar-refractivity contribution in [3.8, 4) is 10.4 Å². The molecule has 3 atom stereocenters. The number of unbranched alkanes of at least 4 members (excludes halogenated alkanes) is 1. The fraction of sp³-hybridized carbons (Fsp3) is 0.547. The maximum atomic E-state index is 14.6. The van der Waals surface area contributed by atoms with Crippen molar-refractivity contribution in [2.75, 3.05) is 88.0 Å². The minimum atomic E-state index is -6.19. The van der Waals surface area contributed by atoms with Crippen molar-refractivity contribution in [1.82, 2.24) is 39.9 Å². The van der Waals surface area contributed by atoms with Gasteiger partial charge in [-0.25, -0.2) is 35.3 Å². The second-order valence-corrected chi connectivity index (χ2v) is 36.2. The van der Waals surface area contributed by atoms with E-state index in [1.54, 1.807) is 38.8 Å². The highest BCUT2D eigenvalue weighted by Crippen LogP contribution is 2.79. The molecule has 4 heterocycles. The van der Waals surface area contributed by atoms with Crippen LogP contribution in [0.4, 0.5) is 33.3 Å². The highest BCUT2D eigenvalue weighted by Gasteiger charge is 2.73. The number of aryl methyl sites for hydroxylation is 1. The van der Waals surface area contributed by atoms with Gasteiger partial charge in [-0.15, -0.1) is 23.1 Å². The molecule has 0 spiro atoms. The second-order valence-electron chi connectivity index (χ2n) is 30.7. The minimum absolute atomic E-state index is 0.0627. The first-order chi connectivity index (χ1) is 48.7. The summed E-state index contributed by atoms with van der Waals surface area (Å²) in [6, 6.07) is 23.4. The van der Waals surface area contributed by atoms with E-state index in [2.05, 4.69) is 49.5 Å². The molecule has 1 aromatic heterocycles. The number of amides is 5. The molecule has 0 unspecified atom stereocenters. The van der Waals surface area contributed by atoms with Crippen molar-refractivity contribution in [2.45, 2.75) is 176 Å². The average molecular weight is 1500 g/mol. The molecule has 7 aliphatic rings. The number of thiazole rings is 1. The van der Waals surface area contributed by atoms with Gasteiger partial charge in [-0.1, -0.05) is 88.2 Å². The van der Waals surface area contributed by atoms with E-state index >= 15 is 0 Å². The number of nitrogens with zero attached hydrogens (tertiary/aromatic N) is 6. The Morgan fingerprint density at radius 3 is 2.11 bits per heavy atom. The number of anilines is 2. The molecule has 12 rings (SSSR count). The van der Waals surface area contributed by atoms with E-state index in [1.165, 1.54) is 35.0 Å². The van der Waals surface area contributed by atoms with Crippen LogP contribution in [-0.2, 0) is 45.6 Å². The number of carbonyl (C=O) groups excluding carboxylic acids is 5. The molecule has 558 valence electrons. The first-order valence-corrected chi connectivity index (χ1v) is 40.5. The van der Waals surface area contributed by atoms with E-state index < -0.39 is 82.1 Å². The average Bonchev–Trinajstić information content (AvgIpc) is 1.14. The van der Waals surface area contributed by atoms with Crippen LogP contribution in [0.3, 0.4) is 0 Å². The number of nitrogens with one attached hydrogen (secondary N) is 4. The van der Waals surface area contributed by atoms with Crippen LogP contribution in [0.25, 0.3) is 10.4 Å². The van der Waals surface area contributed by atoms with Gasteiger partial charge >= 0.3 is 5.51 Å². The van der Waals surface area contributed by atoms with Crippen molar-refractivity contribution >= 4 is 83.9 Å². The van der Waals surface area contributed by atoms with Crippen LogP contribution in [0, 0.1) is 28.6 Å². The summed E-state index contributed by atoms with van der Waals surface area (Å²) in [6.45, 7) is 18.4. The van der Waals surface area contributed by atoms with E-state index in [1.807, 2.05) is 87.0 Å². The molecule has 4 N–H and O–H groups in total. The molecule has 0 radical (unpaired) electrons. The summed E-state index contributed by atoms with van der Waals surface area (Å²) >= 11 is 2.95. The Bertz CT molecular complexity index is 4140. The van der Waals surface area contributed by atoms with Crippen LogP contribution in [0.2, 0.25) is 0 Å². The van der Waals surface area contributed by atoms with Crippen LogP contribution >= 0.6 is 23.1 Å². The maximum absolute atomic E-state index is 14.6. The molecule has 19 nitrogen and oxygen atoms in total. The Balaban J connectivity index is 0.647. The summed E-state index contributed by atoms with van der Waals surface area (Å²) in [5.41, 5.74) is 0.483. The smallest absolute Gasteiger partial charge is 0.380 e. The molecule has 103 heavy (non-hydrogen) atoms. The number of carbonyl (C=O) groups is 5. The lowest BCUT2D eigenvalue weighted by atomic mass is 9.32. The van der Waals surface area contributed by atoms with Gasteiger partial charge in [-0.05, 0) is 160 Å². The van der Waals surface area contributed by atoms with Crippen LogP contribution in [0.1, 0.15) is 140 Å². The van der Waals surface area contributed by atoms with Crippen molar-refractivity contribution < 1.29 is 62.8 Å². The Morgan fingerprint density at radius 2 is 1.47 bits per heavy atom. The molecular formula is C75H95F5N10O9S4. The number of sulfone groups is 1. The highest BCUT2D eigenvalue weighted by atomic mass is 32.2. The number of piperazine rings is 2. The number of hydrogen-bond acceptors (Lipinski definition) is 16. The fourth-order valence-corrected chi connectivity index (χ4v) is 19.4. The Morgan fingerprint density at radius 1 is 0.796 bits per heavy atom. The van der Waals surface area contributed by atoms with E-state index in [0.717, 1.165) is 83.3 Å². The van der Waals surface area contributed by atoms with Gasteiger partial charge in [-0.3, -0.25) is 33.8 Å². The predicted molar refractivity (Wildman–Crippen MR) is 390 cm³/mol. The number of alkyl halides is 5. The standard InChI is InChI=1S/C75H95F5N10O9S4/c1-50-65(101-49-82-50)52-20-18-51(19-21-52)43-81-68(94)61-15-12-31-90(61)69(95)66(71(2,3)4)84-63(91)16-10-11-17-64(92)89-39-33-86(34-40-89)32-29-55(45-100-57-13-8-7-9-14-57)83-60-27-26-58(41-62(60)102(96,97)75(78,79)80)103(98,99)85-67(93)53-22-24-56(25-23-53)88-37-35-87(36-38-88)44-54-28-30-72(5,6)42-59(54)73-46-74(47-73,48-73)70(76)77/h7-9,13-14,18-27,41,49,55,61,66,70,83H,10-12,15-17,28-40,42-48H2,1-6H3,(H,81,94)(H,84,91)(H,85,93)/t55-,61+,66-,73?,74?/m1/s1. The Hall–Kier alpha value is -6.98. The van der Waals surface area contributed by atoms with Crippen molar-refractivity contribution in [1.29, 1.82) is 0 Å². The van der Waals surface area contributed by atoms with Gasteiger partial charge in [0.15, 0.2) is 0 Å². The quantitative estimate of drug-likeness (QED) is 0.0158. The summed E-state index contributed by atoms with van der Waals surface area (Å²) < 4.78 is 128. The van der Waals surface area contributed by atoms with Crippen molar-refractivity contribution in [3.63, 3.8) is 0 Å². The summed E-state index contributed by atoms with van der Waals surface area (Å²) in [5.74, 6) is -1.85. The van der Waals surface area contributed by atoms with Crippen molar-refractivity contribution in [3.05, 3.63) is 131 Å². The first kappa shape index (κ1) is 77.1. The maximum Gasteiger partial charge on any atom is 0.501 e. The lowest BCUT2D eigenvalue weighted by Gasteiger charge is -2.72. The largest absolute Gasteiger partial charge is 0.501 e. The lowest BCUT2D eigenvalue weighted by Crippen LogP contribution is -2.66. The summed E-state index contributed by atoms with van der Waals surface area (Å²) in [6.07, 6.45) is 4.89. The number of aromatic nitrogens is 1. The highest BCUT2D eigenvalue weighted by molar-refractivity contribution is 7.99. The molecule has 2 bridgehead atoms. The van der Waals surface area contributed by atoms with Gasteiger partial charge in [0, 0.05) is 125 Å². The van der Waals surface area contributed by atoms with E-state index in [4.69, 9.17) is 0 Å². The molecule has 4 aliphatic carbocycles. The van der Waals surface area contributed by atoms with E-state index in [-0.39, 0.29) is 58.6 Å². The van der Waals surface area contributed by atoms with Gasteiger partial charge in [-0.2, -0.15) is 13.2 Å². The topological polar surface area (TPSA) is 231 Å². The number of hydrogen-bond donors (Lipinski definition) is 4. The van der Waals surface area contributed by atoms with E-state index in [9.17, 15) is 62.8 Å². The number of likely N-dealkylation sites (tertiary alicyclic amines) is 1. The number of thioether (sulfide) groups is 1. The second kappa shape index (κ2) is 31.6. The lowest BCUT2D eigenvalue weighted by molar-refractivity contribution is -0.250. The summed E-state index contributed by atoms with van der Waals surface area (Å²) in [7, 11) is -11.2. The fourth-order valence-electron chi connectivity index (χ4n) is 15.5. The van der Waals surface area contributed by atoms with Gasteiger partial charge in [0.25, 0.3) is 25.8 Å². The molecule has 5 aromatic rings. The number of benzene rings is 4. The monoisotopic (exact) mass is 1500 g/mol. The molecule has 5 amide bonds. The van der Waals surface area contributed by atoms with Crippen LogP contribution in [0.5, 0.6) is 0 Å². The Kier molecular flexibility index (Phi) is 23.7. The first-order valence-electron chi connectivity index (χ1n) is 35.6. The Labute approximate surface area is 609 Å². The molecule has 3 aliphatic heterocycles. The number of rotatable bonds is 28. The normalized spacial score (nSPS) is 21.7. The number of sulfonamides is 1. The van der Waals surface area contributed by atoms with Crippen LogP contribution in [0.15, 0.2) is 128 Å². The molecule has 28 heteroatoms. The van der Waals surface area contributed by atoms with Crippen LogP contribution in [-0.4, -0.2) is 179 Å². The minimum Gasteiger partial charge on any atom is -0.380 e. The molecule has 6 fully saturated rings. The molecular weight excluding hydrogens is 1410 g/mol. The van der Waals surface area contributed by atoms with Gasteiger partial charge in [0.05, 0.1) is 26.7 Å². The molecule has 3 saturated heterocycles. The van der Waals surface area contributed by atoms with Crippen LogP contribution < -0.4 is 25.6 Å². The van der Waals surface area contributed by atoms with Gasteiger partial charge in [0.1, 0.15) is 17.0 Å². The third-order valence-corrected chi connectivity index (χ3v) is 26.5. The summed E-state index contributed by atoms with van der Waals surface area (Å²) in [5, 5.41) is 8.95.